The molecule has 20 heavy (non-hydrogen) atoms. The first-order chi connectivity index (χ1) is 9.25. The van der Waals surface area contributed by atoms with E-state index in [1.165, 1.54) is 0 Å². The molecule has 0 aliphatic heterocycles. The van der Waals surface area contributed by atoms with E-state index >= 15 is 0 Å². The molecule has 0 bridgehead atoms. The largest absolute Gasteiger partial charge is 0.481 e. The first kappa shape index (κ1) is 16.2. The monoisotopic (exact) mass is 277 g/mol. The zero-order valence-electron chi connectivity index (χ0n) is 12.5. The third-order valence-corrected chi connectivity index (χ3v) is 3.81. The molecule has 1 rings (SSSR count). The van der Waals surface area contributed by atoms with Crippen molar-refractivity contribution >= 4 is 11.9 Å². The fraction of sp³-hybridized carbons (Fsp3) is 0.500. The number of hydrogen-bond donors (Lipinski definition) is 2. The lowest BCUT2D eigenvalue weighted by atomic mass is 9.84. The van der Waals surface area contributed by atoms with Crippen molar-refractivity contribution in [2.45, 2.75) is 33.1 Å². The van der Waals surface area contributed by atoms with Crippen LogP contribution in [0.25, 0.3) is 0 Å². The first-order valence-corrected chi connectivity index (χ1v) is 6.82. The van der Waals surface area contributed by atoms with Crippen LogP contribution in [0.3, 0.4) is 0 Å². The molecule has 2 unspecified atom stereocenters. The maximum atomic E-state index is 12.0. The zero-order chi connectivity index (χ0) is 15.3. The van der Waals surface area contributed by atoms with Gasteiger partial charge in [0, 0.05) is 17.9 Å². The maximum Gasteiger partial charge on any atom is 0.307 e. The Hall–Kier alpha value is -1.84. The normalized spacial score (nSPS) is 14.4. The van der Waals surface area contributed by atoms with Crippen molar-refractivity contribution in [3.05, 3.63) is 35.9 Å². The van der Waals surface area contributed by atoms with Crippen LogP contribution in [0.2, 0.25) is 0 Å². The molecule has 2 atom stereocenters. The van der Waals surface area contributed by atoms with Gasteiger partial charge in [0.05, 0.1) is 5.92 Å². The summed E-state index contributed by atoms with van der Waals surface area (Å²) in [5.74, 6) is -2.40. The average Bonchev–Trinajstić information content (AvgIpc) is 2.44. The molecule has 2 N–H and O–H groups in total. The molecular formula is C16H23NO3. The minimum absolute atomic E-state index is 0.191. The number of benzene rings is 1. The predicted octanol–water partition coefficient (Wildman–Crippen LogP) is 2.44. The summed E-state index contributed by atoms with van der Waals surface area (Å²) in [6, 6.07) is 9.93. The quantitative estimate of drug-likeness (QED) is 0.839. The summed E-state index contributed by atoms with van der Waals surface area (Å²) in [5.41, 5.74) is 0.947. The van der Waals surface area contributed by atoms with Crippen molar-refractivity contribution in [2.75, 3.05) is 6.54 Å². The third kappa shape index (κ3) is 4.08. The Morgan fingerprint density at radius 1 is 1.15 bits per heavy atom. The highest BCUT2D eigenvalue weighted by Crippen LogP contribution is 2.22. The van der Waals surface area contributed by atoms with Gasteiger partial charge in [-0.25, -0.2) is 0 Å². The summed E-state index contributed by atoms with van der Waals surface area (Å²) < 4.78 is 0. The molecule has 0 aromatic heterocycles. The van der Waals surface area contributed by atoms with Crippen LogP contribution in [-0.2, 0) is 15.0 Å². The SMILES string of the molecule is CC(C(=O)O)C(C)C(=O)NCC(C)(C)c1ccccc1. The van der Waals surface area contributed by atoms with Gasteiger partial charge in [0.2, 0.25) is 5.91 Å². The number of hydrogen-bond acceptors (Lipinski definition) is 2. The molecule has 0 saturated carbocycles. The topological polar surface area (TPSA) is 66.4 Å². The first-order valence-electron chi connectivity index (χ1n) is 6.82. The number of carboxylic acids is 1. The van der Waals surface area contributed by atoms with Crippen LogP contribution in [0.5, 0.6) is 0 Å². The molecule has 1 amide bonds. The summed E-state index contributed by atoms with van der Waals surface area (Å²) >= 11 is 0. The Bertz CT molecular complexity index is 468. The smallest absolute Gasteiger partial charge is 0.307 e. The van der Waals surface area contributed by atoms with E-state index in [4.69, 9.17) is 5.11 Å². The highest BCUT2D eigenvalue weighted by molar-refractivity contribution is 5.84. The van der Waals surface area contributed by atoms with E-state index in [1.54, 1.807) is 13.8 Å². The highest BCUT2D eigenvalue weighted by atomic mass is 16.4. The van der Waals surface area contributed by atoms with Crippen LogP contribution in [0, 0.1) is 11.8 Å². The van der Waals surface area contributed by atoms with E-state index in [-0.39, 0.29) is 11.3 Å². The predicted molar refractivity (Wildman–Crippen MR) is 78.4 cm³/mol. The molecule has 4 heteroatoms. The van der Waals surface area contributed by atoms with Crippen molar-refractivity contribution in [1.82, 2.24) is 5.32 Å². The van der Waals surface area contributed by atoms with Gasteiger partial charge < -0.3 is 10.4 Å². The Balaban J connectivity index is 2.63. The lowest BCUT2D eigenvalue weighted by molar-refractivity contribution is -0.146. The van der Waals surface area contributed by atoms with Gasteiger partial charge in [-0.05, 0) is 5.56 Å². The third-order valence-electron chi connectivity index (χ3n) is 3.81. The number of carbonyl (C=O) groups excluding carboxylic acids is 1. The van der Waals surface area contributed by atoms with Crippen LogP contribution >= 0.6 is 0 Å². The Morgan fingerprint density at radius 2 is 1.70 bits per heavy atom. The molecule has 0 radical (unpaired) electrons. The Morgan fingerprint density at radius 3 is 2.20 bits per heavy atom. The second-order valence-electron chi connectivity index (χ2n) is 5.88. The fourth-order valence-electron chi connectivity index (χ4n) is 1.90. The van der Waals surface area contributed by atoms with Crippen LogP contribution in [0.15, 0.2) is 30.3 Å². The van der Waals surface area contributed by atoms with Gasteiger partial charge in [0.15, 0.2) is 0 Å². The second kappa shape index (κ2) is 6.55. The van der Waals surface area contributed by atoms with Crippen LogP contribution < -0.4 is 5.32 Å². The number of aliphatic carboxylic acids is 1. The average molecular weight is 277 g/mol. The summed E-state index contributed by atoms with van der Waals surface area (Å²) in [6.45, 7) is 7.77. The molecule has 110 valence electrons. The number of carbonyl (C=O) groups is 2. The number of nitrogens with one attached hydrogen (secondary N) is 1. The van der Waals surface area contributed by atoms with Crippen molar-refractivity contribution in [1.29, 1.82) is 0 Å². The standard InChI is InChI=1S/C16H23NO3/c1-11(12(2)15(19)20)14(18)17-10-16(3,4)13-8-6-5-7-9-13/h5-9,11-12H,10H2,1-4H3,(H,17,18)(H,19,20). The fourth-order valence-corrected chi connectivity index (χ4v) is 1.90. The van der Waals surface area contributed by atoms with Crippen molar-refractivity contribution in [3.63, 3.8) is 0 Å². The van der Waals surface area contributed by atoms with E-state index in [9.17, 15) is 9.59 Å². The lowest BCUT2D eigenvalue weighted by Crippen LogP contribution is -2.41. The number of rotatable bonds is 6. The number of carboxylic acid groups (broad SMARTS) is 1. The van der Waals surface area contributed by atoms with Crippen molar-refractivity contribution in [3.8, 4) is 0 Å². The van der Waals surface area contributed by atoms with E-state index in [1.807, 2.05) is 44.2 Å². The second-order valence-corrected chi connectivity index (χ2v) is 5.88. The summed E-state index contributed by atoms with van der Waals surface area (Å²) in [5, 5.41) is 11.8. The van der Waals surface area contributed by atoms with Crippen LogP contribution in [0.4, 0.5) is 0 Å². The van der Waals surface area contributed by atoms with Crippen molar-refractivity contribution < 1.29 is 14.7 Å². The molecule has 0 fully saturated rings. The Labute approximate surface area is 120 Å². The van der Waals surface area contributed by atoms with Crippen LogP contribution in [-0.4, -0.2) is 23.5 Å². The van der Waals surface area contributed by atoms with Crippen molar-refractivity contribution in [2.24, 2.45) is 11.8 Å². The molecule has 1 aromatic rings. The molecule has 4 nitrogen and oxygen atoms in total. The van der Waals surface area contributed by atoms with Gasteiger partial charge in [-0.15, -0.1) is 0 Å². The summed E-state index contributed by atoms with van der Waals surface area (Å²) in [6.07, 6.45) is 0. The van der Waals surface area contributed by atoms with Gasteiger partial charge in [-0.2, -0.15) is 0 Å². The van der Waals surface area contributed by atoms with E-state index in [0.717, 1.165) is 5.56 Å². The Kier molecular flexibility index (Phi) is 5.31. The van der Waals surface area contributed by atoms with Gasteiger partial charge in [0.25, 0.3) is 0 Å². The van der Waals surface area contributed by atoms with E-state index < -0.39 is 17.8 Å². The highest BCUT2D eigenvalue weighted by Gasteiger charge is 2.27. The minimum atomic E-state index is -0.949. The van der Waals surface area contributed by atoms with E-state index in [2.05, 4.69) is 5.32 Å². The minimum Gasteiger partial charge on any atom is -0.481 e. The maximum absolute atomic E-state index is 12.0. The van der Waals surface area contributed by atoms with Gasteiger partial charge >= 0.3 is 5.97 Å². The summed E-state index contributed by atoms with van der Waals surface area (Å²) in [7, 11) is 0. The molecular weight excluding hydrogens is 254 g/mol. The summed E-state index contributed by atoms with van der Waals surface area (Å²) in [4.78, 5) is 22.9. The van der Waals surface area contributed by atoms with Gasteiger partial charge in [-0.1, -0.05) is 58.0 Å². The lowest BCUT2D eigenvalue weighted by Gasteiger charge is -2.27. The molecule has 0 aliphatic rings. The molecule has 1 aromatic carbocycles. The number of amides is 1. The van der Waals surface area contributed by atoms with Crippen LogP contribution in [0.1, 0.15) is 33.3 Å². The van der Waals surface area contributed by atoms with Gasteiger partial charge in [-0.3, -0.25) is 9.59 Å². The molecule has 0 spiro atoms. The molecule has 0 saturated heterocycles. The molecule has 0 heterocycles. The van der Waals surface area contributed by atoms with E-state index in [0.29, 0.717) is 6.54 Å². The zero-order valence-corrected chi connectivity index (χ0v) is 12.5. The molecule has 0 aliphatic carbocycles. The van der Waals surface area contributed by atoms with Gasteiger partial charge in [0.1, 0.15) is 0 Å².